The summed E-state index contributed by atoms with van der Waals surface area (Å²) in [4.78, 5) is 36.8. The number of esters is 1. The Morgan fingerprint density at radius 2 is 1.75 bits per heavy atom. The van der Waals surface area contributed by atoms with Crippen LogP contribution < -0.4 is 10.6 Å². The molecule has 2 N–H and O–H groups in total. The maximum absolute atomic E-state index is 12.3. The summed E-state index contributed by atoms with van der Waals surface area (Å²) in [5.74, 6) is -1.38. The molecule has 6 nitrogen and oxygen atoms in total. The molecule has 1 aromatic heterocycles. The van der Waals surface area contributed by atoms with Crippen LogP contribution in [0.4, 0.5) is 0 Å². The van der Waals surface area contributed by atoms with Crippen LogP contribution in [0.15, 0.2) is 47.8 Å². The molecule has 0 spiro atoms. The zero-order chi connectivity index (χ0) is 17.5. The first-order chi connectivity index (χ1) is 11.5. The topological polar surface area (TPSA) is 84.5 Å². The number of nitrogens with one attached hydrogen (secondary N) is 2. The van der Waals surface area contributed by atoms with Crippen molar-refractivity contribution in [3.05, 3.63) is 58.3 Å². The van der Waals surface area contributed by atoms with E-state index in [4.69, 9.17) is 4.74 Å². The second-order valence-corrected chi connectivity index (χ2v) is 6.00. The van der Waals surface area contributed by atoms with E-state index in [2.05, 4.69) is 10.6 Å². The third-order valence-corrected chi connectivity index (χ3v) is 4.21. The van der Waals surface area contributed by atoms with Gasteiger partial charge in [0.2, 0.25) is 5.91 Å². The Kier molecular flexibility index (Phi) is 6.08. The number of carbonyl (C=O) groups excluding carboxylic acids is 3. The Balaban J connectivity index is 2.04. The maximum atomic E-state index is 12.3. The fraction of sp³-hybridized carbons (Fsp3) is 0.235. The molecule has 126 valence electrons. The van der Waals surface area contributed by atoms with Gasteiger partial charge < -0.3 is 15.4 Å². The minimum Gasteiger partial charge on any atom is -0.467 e. The van der Waals surface area contributed by atoms with Crippen LogP contribution in [-0.4, -0.2) is 30.9 Å². The standard InChI is InChI=1S/C17H18N2O4S/c1-11(18-16(21)13-9-6-10-24-13)15(20)19-14(17(22)23-2)12-7-4-3-5-8-12/h3-11,14H,1-2H3,(H,18,21)(H,19,20)/t11-,14-/m0/s1. The number of rotatable bonds is 6. The van der Waals surface area contributed by atoms with Crippen LogP contribution in [0.5, 0.6) is 0 Å². The molecule has 0 bridgehead atoms. The van der Waals surface area contributed by atoms with Gasteiger partial charge in [0.25, 0.3) is 5.91 Å². The van der Waals surface area contributed by atoms with Gasteiger partial charge in [0, 0.05) is 0 Å². The van der Waals surface area contributed by atoms with Crippen LogP contribution in [0.2, 0.25) is 0 Å². The quantitative estimate of drug-likeness (QED) is 0.783. The largest absolute Gasteiger partial charge is 0.467 e. The third-order valence-electron chi connectivity index (χ3n) is 3.34. The Morgan fingerprint density at radius 3 is 2.33 bits per heavy atom. The van der Waals surface area contributed by atoms with Crippen molar-refractivity contribution in [1.82, 2.24) is 10.6 Å². The minimum absolute atomic E-state index is 0.332. The van der Waals surface area contributed by atoms with Crippen molar-refractivity contribution in [3.8, 4) is 0 Å². The van der Waals surface area contributed by atoms with Crippen molar-refractivity contribution in [1.29, 1.82) is 0 Å². The lowest BCUT2D eigenvalue weighted by atomic mass is 10.1. The highest BCUT2D eigenvalue weighted by Gasteiger charge is 2.26. The van der Waals surface area contributed by atoms with E-state index >= 15 is 0 Å². The summed E-state index contributed by atoms with van der Waals surface area (Å²) in [7, 11) is 1.26. The van der Waals surface area contributed by atoms with Crippen molar-refractivity contribution in [2.45, 2.75) is 19.0 Å². The summed E-state index contributed by atoms with van der Waals surface area (Å²) in [5, 5.41) is 6.99. The lowest BCUT2D eigenvalue weighted by molar-refractivity contribution is -0.145. The molecule has 2 amide bonds. The molecule has 2 atom stereocenters. The molecule has 24 heavy (non-hydrogen) atoms. The number of hydrogen-bond acceptors (Lipinski definition) is 5. The first-order valence-electron chi connectivity index (χ1n) is 7.30. The molecule has 0 aliphatic heterocycles. The van der Waals surface area contributed by atoms with Crippen LogP contribution in [-0.2, 0) is 14.3 Å². The van der Waals surface area contributed by atoms with Gasteiger partial charge in [-0.05, 0) is 23.9 Å². The molecule has 0 fully saturated rings. The number of ether oxygens (including phenoxy) is 1. The highest BCUT2D eigenvalue weighted by molar-refractivity contribution is 7.12. The molecule has 1 aromatic carbocycles. The van der Waals surface area contributed by atoms with Crippen molar-refractivity contribution >= 4 is 29.1 Å². The normalized spacial score (nSPS) is 12.8. The average Bonchev–Trinajstić information content (AvgIpc) is 3.14. The van der Waals surface area contributed by atoms with Gasteiger partial charge in [0.1, 0.15) is 6.04 Å². The van der Waals surface area contributed by atoms with E-state index in [0.29, 0.717) is 10.4 Å². The molecule has 0 saturated carbocycles. The summed E-state index contributed by atoms with van der Waals surface area (Å²) < 4.78 is 4.75. The summed E-state index contributed by atoms with van der Waals surface area (Å²) >= 11 is 1.29. The van der Waals surface area contributed by atoms with E-state index in [1.54, 1.807) is 48.7 Å². The van der Waals surface area contributed by atoms with Gasteiger partial charge >= 0.3 is 5.97 Å². The first-order valence-corrected chi connectivity index (χ1v) is 8.18. The van der Waals surface area contributed by atoms with Crippen molar-refractivity contribution < 1.29 is 19.1 Å². The SMILES string of the molecule is COC(=O)[C@@H](NC(=O)[C@H](C)NC(=O)c1cccs1)c1ccccc1. The first kappa shape index (κ1) is 17.7. The molecule has 2 aromatic rings. The fourth-order valence-electron chi connectivity index (χ4n) is 2.05. The molecular weight excluding hydrogens is 328 g/mol. The Labute approximate surface area is 143 Å². The van der Waals surface area contributed by atoms with Gasteiger partial charge in [0.15, 0.2) is 6.04 Å². The number of thiophene rings is 1. The molecule has 7 heteroatoms. The molecule has 0 unspecified atom stereocenters. The number of hydrogen-bond donors (Lipinski definition) is 2. The van der Waals surface area contributed by atoms with Gasteiger partial charge in [-0.3, -0.25) is 9.59 Å². The molecule has 0 aliphatic rings. The Hall–Kier alpha value is -2.67. The molecular formula is C17H18N2O4S. The van der Waals surface area contributed by atoms with E-state index in [1.165, 1.54) is 18.4 Å². The molecule has 1 heterocycles. The van der Waals surface area contributed by atoms with Crippen molar-refractivity contribution in [2.24, 2.45) is 0 Å². The molecule has 0 radical (unpaired) electrons. The van der Waals surface area contributed by atoms with Gasteiger partial charge in [-0.1, -0.05) is 36.4 Å². The summed E-state index contributed by atoms with van der Waals surface area (Å²) in [5.41, 5.74) is 0.606. The van der Waals surface area contributed by atoms with Gasteiger partial charge in [-0.15, -0.1) is 11.3 Å². The maximum Gasteiger partial charge on any atom is 0.333 e. The molecule has 0 saturated heterocycles. The van der Waals surface area contributed by atoms with E-state index in [-0.39, 0.29) is 5.91 Å². The molecule has 0 aliphatic carbocycles. The predicted octanol–water partition coefficient (Wildman–Crippen LogP) is 1.90. The lowest BCUT2D eigenvalue weighted by Gasteiger charge is -2.20. The average molecular weight is 346 g/mol. The Morgan fingerprint density at radius 1 is 1.04 bits per heavy atom. The zero-order valence-electron chi connectivity index (χ0n) is 13.3. The highest BCUT2D eigenvalue weighted by atomic mass is 32.1. The number of benzene rings is 1. The van der Waals surface area contributed by atoms with Gasteiger partial charge in [0.05, 0.1) is 12.0 Å². The second kappa shape index (κ2) is 8.26. The van der Waals surface area contributed by atoms with Crippen molar-refractivity contribution in [2.75, 3.05) is 7.11 Å². The van der Waals surface area contributed by atoms with E-state index in [1.807, 2.05) is 6.07 Å². The molecule has 2 rings (SSSR count). The number of amides is 2. The van der Waals surface area contributed by atoms with Crippen LogP contribution in [0.1, 0.15) is 28.2 Å². The zero-order valence-corrected chi connectivity index (χ0v) is 14.1. The number of carbonyl (C=O) groups is 3. The highest BCUT2D eigenvalue weighted by Crippen LogP contribution is 2.14. The smallest absolute Gasteiger partial charge is 0.333 e. The second-order valence-electron chi connectivity index (χ2n) is 5.05. The lowest BCUT2D eigenvalue weighted by Crippen LogP contribution is -2.47. The van der Waals surface area contributed by atoms with Crippen LogP contribution in [0, 0.1) is 0 Å². The fourth-order valence-corrected chi connectivity index (χ4v) is 2.68. The van der Waals surface area contributed by atoms with Crippen molar-refractivity contribution in [3.63, 3.8) is 0 Å². The minimum atomic E-state index is -0.926. The van der Waals surface area contributed by atoms with E-state index in [0.717, 1.165) is 0 Å². The van der Waals surface area contributed by atoms with Crippen LogP contribution in [0.3, 0.4) is 0 Å². The van der Waals surface area contributed by atoms with E-state index < -0.39 is 24.0 Å². The van der Waals surface area contributed by atoms with E-state index in [9.17, 15) is 14.4 Å². The Bertz CT molecular complexity index is 701. The summed E-state index contributed by atoms with van der Waals surface area (Å²) in [6.45, 7) is 1.56. The number of methoxy groups -OCH3 is 1. The summed E-state index contributed by atoms with van der Waals surface area (Å²) in [6, 6.07) is 10.5. The predicted molar refractivity (Wildman–Crippen MR) is 90.6 cm³/mol. The van der Waals surface area contributed by atoms with Gasteiger partial charge in [-0.25, -0.2) is 4.79 Å². The van der Waals surface area contributed by atoms with Gasteiger partial charge in [-0.2, -0.15) is 0 Å². The van der Waals surface area contributed by atoms with Crippen LogP contribution in [0.25, 0.3) is 0 Å². The monoisotopic (exact) mass is 346 g/mol. The third kappa shape index (κ3) is 4.42. The summed E-state index contributed by atoms with van der Waals surface area (Å²) in [6.07, 6.45) is 0. The van der Waals surface area contributed by atoms with Crippen LogP contribution >= 0.6 is 11.3 Å².